The molecule has 1 aromatic heterocycles. The number of aryl methyl sites for hydroxylation is 2. The third kappa shape index (κ3) is 4.98. The molecule has 37 heavy (non-hydrogen) atoms. The van der Waals surface area contributed by atoms with Gasteiger partial charge in [-0.05, 0) is 54.0 Å². The fraction of sp³-hybridized carbons (Fsp3) is 0.233. The predicted molar refractivity (Wildman–Crippen MR) is 140 cm³/mol. The summed E-state index contributed by atoms with van der Waals surface area (Å²) in [5.74, 6) is -0.313. The molecule has 7 heteroatoms. The van der Waals surface area contributed by atoms with Crippen molar-refractivity contribution in [1.29, 1.82) is 0 Å². The van der Waals surface area contributed by atoms with E-state index in [0.29, 0.717) is 30.0 Å². The van der Waals surface area contributed by atoms with Crippen LogP contribution in [0.15, 0.2) is 77.3 Å². The molecule has 0 atom stereocenters. The van der Waals surface area contributed by atoms with Crippen LogP contribution in [0.2, 0.25) is 0 Å². The van der Waals surface area contributed by atoms with Gasteiger partial charge < -0.3 is 14.4 Å². The van der Waals surface area contributed by atoms with Gasteiger partial charge in [0.25, 0.3) is 0 Å². The van der Waals surface area contributed by atoms with Crippen LogP contribution in [0.5, 0.6) is 0 Å². The number of carbonyl (C=O) groups is 2. The molecule has 188 valence electrons. The molecule has 7 nitrogen and oxygen atoms in total. The van der Waals surface area contributed by atoms with Crippen molar-refractivity contribution >= 4 is 17.7 Å². The fourth-order valence-corrected chi connectivity index (χ4v) is 4.49. The Morgan fingerprint density at radius 3 is 2.22 bits per heavy atom. The Bertz CT molecular complexity index is 1430. The number of carboxylic acids is 1. The Balaban J connectivity index is 1.27. The van der Waals surface area contributed by atoms with Crippen LogP contribution in [0.1, 0.15) is 42.1 Å². The minimum absolute atomic E-state index is 0.167. The molecule has 1 amide bonds. The number of hydrogen-bond donors (Lipinski definition) is 2. The number of ether oxygens (including phenoxy) is 1. The molecule has 0 spiro atoms. The van der Waals surface area contributed by atoms with E-state index in [9.17, 15) is 14.7 Å². The van der Waals surface area contributed by atoms with E-state index in [1.54, 1.807) is 6.92 Å². The molecule has 0 radical (unpaired) electrons. The molecule has 0 saturated heterocycles. The molecular formula is C30H28N2O5. The highest BCUT2D eigenvalue weighted by Crippen LogP contribution is 2.48. The molecule has 4 aromatic rings. The number of nitrogens with zero attached hydrogens (tertiary/aromatic N) is 1. The highest BCUT2D eigenvalue weighted by molar-refractivity contribution is 5.91. The van der Waals surface area contributed by atoms with E-state index in [2.05, 4.69) is 17.4 Å². The maximum atomic E-state index is 12.5. The number of carbonyl (C=O) groups excluding carboxylic acids is 1. The maximum absolute atomic E-state index is 12.5. The van der Waals surface area contributed by atoms with Crippen molar-refractivity contribution in [3.05, 3.63) is 95.2 Å². The van der Waals surface area contributed by atoms with E-state index in [1.807, 2.05) is 72.8 Å². The molecule has 2 N–H and O–H groups in total. The van der Waals surface area contributed by atoms with Gasteiger partial charge >= 0.3 is 12.1 Å². The van der Waals surface area contributed by atoms with Crippen LogP contribution in [0.25, 0.3) is 22.5 Å². The molecule has 1 heterocycles. The molecule has 5 rings (SSSR count). The molecule has 1 fully saturated rings. The summed E-state index contributed by atoms with van der Waals surface area (Å²) in [6, 6.07) is 23.3. The van der Waals surface area contributed by atoms with Crippen molar-refractivity contribution in [2.75, 3.05) is 5.32 Å². The second-order valence-corrected chi connectivity index (χ2v) is 9.39. The fourth-order valence-electron chi connectivity index (χ4n) is 4.49. The molecule has 0 unspecified atom stereocenters. The Morgan fingerprint density at radius 2 is 1.59 bits per heavy atom. The SMILES string of the molecule is CCc1cccc(COC(=O)Nc2c(C)noc2-c2ccc(-c3ccc(C4(C(=O)O)CC4)cc3)cc2)c1. The van der Waals surface area contributed by atoms with E-state index in [0.717, 1.165) is 34.2 Å². The Morgan fingerprint density at radius 1 is 0.973 bits per heavy atom. The zero-order chi connectivity index (χ0) is 26.0. The van der Waals surface area contributed by atoms with Crippen molar-refractivity contribution in [2.24, 2.45) is 0 Å². The Hall–Kier alpha value is -4.39. The number of amides is 1. The van der Waals surface area contributed by atoms with Crippen molar-refractivity contribution in [3.63, 3.8) is 0 Å². The summed E-state index contributed by atoms with van der Waals surface area (Å²) >= 11 is 0. The Labute approximate surface area is 215 Å². The second-order valence-electron chi connectivity index (χ2n) is 9.39. The molecule has 1 saturated carbocycles. The summed E-state index contributed by atoms with van der Waals surface area (Å²) in [6.45, 7) is 4.00. The van der Waals surface area contributed by atoms with Crippen LogP contribution in [-0.4, -0.2) is 22.3 Å². The first-order valence-corrected chi connectivity index (χ1v) is 12.3. The summed E-state index contributed by atoms with van der Waals surface area (Å²) in [4.78, 5) is 24.1. The molecule has 1 aliphatic carbocycles. The summed E-state index contributed by atoms with van der Waals surface area (Å²) in [7, 11) is 0. The Kier molecular flexibility index (Phi) is 6.53. The topological polar surface area (TPSA) is 102 Å². The number of rotatable bonds is 8. The van der Waals surface area contributed by atoms with E-state index in [-0.39, 0.29) is 6.61 Å². The lowest BCUT2D eigenvalue weighted by molar-refractivity contribution is -0.140. The third-order valence-corrected chi connectivity index (χ3v) is 6.94. The number of aromatic nitrogens is 1. The zero-order valence-electron chi connectivity index (χ0n) is 20.8. The first-order chi connectivity index (χ1) is 17.9. The van der Waals surface area contributed by atoms with Gasteiger partial charge in [-0.1, -0.05) is 84.9 Å². The largest absolute Gasteiger partial charge is 0.481 e. The van der Waals surface area contributed by atoms with Crippen LogP contribution in [0.3, 0.4) is 0 Å². The van der Waals surface area contributed by atoms with Gasteiger partial charge in [-0.2, -0.15) is 0 Å². The van der Waals surface area contributed by atoms with Crippen LogP contribution < -0.4 is 5.32 Å². The summed E-state index contributed by atoms with van der Waals surface area (Å²) in [5.41, 5.74) is 5.99. The van der Waals surface area contributed by atoms with Gasteiger partial charge in [-0.25, -0.2) is 4.79 Å². The number of aliphatic carboxylic acids is 1. The highest BCUT2D eigenvalue weighted by Gasteiger charge is 2.51. The monoisotopic (exact) mass is 496 g/mol. The van der Waals surface area contributed by atoms with E-state index in [1.165, 1.54) is 5.56 Å². The van der Waals surface area contributed by atoms with E-state index < -0.39 is 17.5 Å². The minimum Gasteiger partial charge on any atom is -0.481 e. The maximum Gasteiger partial charge on any atom is 0.412 e. The normalized spacial score (nSPS) is 13.7. The number of hydrogen-bond acceptors (Lipinski definition) is 5. The van der Waals surface area contributed by atoms with E-state index in [4.69, 9.17) is 9.26 Å². The van der Waals surface area contributed by atoms with E-state index >= 15 is 0 Å². The highest BCUT2D eigenvalue weighted by atomic mass is 16.5. The first-order valence-electron chi connectivity index (χ1n) is 12.3. The lowest BCUT2D eigenvalue weighted by Crippen LogP contribution is -2.19. The lowest BCUT2D eigenvalue weighted by Gasteiger charge is -2.11. The first kappa shape index (κ1) is 24.3. The molecular weight excluding hydrogens is 468 g/mol. The van der Waals surface area contributed by atoms with Gasteiger partial charge in [0.1, 0.15) is 18.0 Å². The molecule has 1 aliphatic rings. The smallest absolute Gasteiger partial charge is 0.412 e. The molecule has 0 bridgehead atoms. The van der Waals surface area contributed by atoms with Crippen molar-refractivity contribution in [1.82, 2.24) is 5.16 Å². The minimum atomic E-state index is -0.758. The quantitative estimate of drug-likeness (QED) is 0.280. The van der Waals surface area contributed by atoms with Gasteiger partial charge in [-0.3, -0.25) is 10.1 Å². The second kappa shape index (κ2) is 9.93. The van der Waals surface area contributed by atoms with Gasteiger partial charge in [-0.15, -0.1) is 0 Å². The number of nitrogens with one attached hydrogen (secondary N) is 1. The standard InChI is InChI=1S/C30H28N2O5/c1-3-20-5-4-6-21(17-20)18-36-29(35)31-26-19(2)32-37-27(26)24-9-7-22(8-10-24)23-11-13-25(14-12-23)30(15-16-30)28(33)34/h4-14,17H,3,15-16,18H2,1-2H3,(H,31,35)(H,33,34). The molecule has 0 aliphatic heterocycles. The summed E-state index contributed by atoms with van der Waals surface area (Å²) in [5, 5.41) is 16.3. The van der Waals surface area contributed by atoms with Crippen LogP contribution in [-0.2, 0) is 28.0 Å². The molecule has 3 aromatic carbocycles. The predicted octanol–water partition coefficient (Wildman–Crippen LogP) is 6.74. The zero-order valence-corrected chi connectivity index (χ0v) is 20.8. The van der Waals surface area contributed by atoms with Gasteiger partial charge in [0.15, 0.2) is 5.76 Å². The summed E-state index contributed by atoms with van der Waals surface area (Å²) in [6.07, 6.45) is 1.70. The lowest BCUT2D eigenvalue weighted by atomic mass is 9.93. The third-order valence-electron chi connectivity index (χ3n) is 6.94. The van der Waals surface area contributed by atoms with Gasteiger partial charge in [0.2, 0.25) is 0 Å². The summed E-state index contributed by atoms with van der Waals surface area (Å²) < 4.78 is 10.9. The average Bonchev–Trinajstić information content (AvgIpc) is 3.67. The van der Waals surface area contributed by atoms with Crippen LogP contribution >= 0.6 is 0 Å². The number of benzene rings is 3. The van der Waals surface area contributed by atoms with Crippen LogP contribution in [0.4, 0.5) is 10.5 Å². The number of anilines is 1. The van der Waals surface area contributed by atoms with Crippen LogP contribution in [0, 0.1) is 6.92 Å². The number of carboxylic acid groups (broad SMARTS) is 1. The van der Waals surface area contributed by atoms with Crippen molar-refractivity contribution in [3.8, 4) is 22.5 Å². The van der Waals surface area contributed by atoms with Gasteiger partial charge in [0.05, 0.1) is 5.41 Å². The average molecular weight is 497 g/mol. The van der Waals surface area contributed by atoms with Crippen molar-refractivity contribution in [2.45, 2.75) is 45.1 Å². The van der Waals surface area contributed by atoms with Crippen molar-refractivity contribution < 1.29 is 24.0 Å². The van der Waals surface area contributed by atoms with Gasteiger partial charge in [0, 0.05) is 5.56 Å².